The molecule has 25 heavy (non-hydrogen) atoms. The van der Waals surface area contributed by atoms with Crippen molar-refractivity contribution in [2.75, 3.05) is 7.11 Å². The summed E-state index contributed by atoms with van der Waals surface area (Å²) in [6, 6.07) is 11.7. The van der Waals surface area contributed by atoms with Crippen LogP contribution in [0, 0.1) is 0 Å². The average molecular weight is 341 g/mol. The van der Waals surface area contributed by atoms with E-state index in [0.717, 1.165) is 5.56 Å². The molecule has 4 nitrogen and oxygen atoms in total. The third kappa shape index (κ3) is 4.19. The van der Waals surface area contributed by atoms with Crippen LogP contribution in [0.4, 0.5) is 0 Å². The molecule has 0 aliphatic heterocycles. The Labute approximate surface area is 149 Å². The van der Waals surface area contributed by atoms with E-state index in [9.17, 15) is 9.59 Å². The number of methoxy groups -OCH3 is 1. The fraction of sp³-hybridized carbons (Fsp3) is 0.429. The standard InChI is InChI=1S/C21H27NO3/c1-6-16(20(24)25-5)17-11-9-13-22(19(17)23)14-15-10-7-8-12-18(15)21(2,3)4/h7-13,16H,6,14H2,1-5H3. The number of esters is 1. The van der Waals surface area contributed by atoms with Gasteiger partial charge in [-0.15, -0.1) is 0 Å². The van der Waals surface area contributed by atoms with Gasteiger partial charge in [0, 0.05) is 11.8 Å². The van der Waals surface area contributed by atoms with Crippen molar-refractivity contribution in [3.05, 3.63) is 69.6 Å². The first-order valence-corrected chi connectivity index (χ1v) is 8.65. The van der Waals surface area contributed by atoms with Gasteiger partial charge in [0.05, 0.1) is 19.6 Å². The molecule has 0 aliphatic carbocycles. The summed E-state index contributed by atoms with van der Waals surface area (Å²) in [4.78, 5) is 24.9. The molecule has 1 heterocycles. The average Bonchev–Trinajstić information content (AvgIpc) is 2.58. The van der Waals surface area contributed by atoms with Gasteiger partial charge >= 0.3 is 5.97 Å². The summed E-state index contributed by atoms with van der Waals surface area (Å²) >= 11 is 0. The molecule has 0 spiro atoms. The van der Waals surface area contributed by atoms with Gasteiger partial charge in [-0.3, -0.25) is 9.59 Å². The van der Waals surface area contributed by atoms with E-state index in [1.807, 2.05) is 25.1 Å². The van der Waals surface area contributed by atoms with Crippen molar-refractivity contribution in [1.29, 1.82) is 0 Å². The van der Waals surface area contributed by atoms with Gasteiger partial charge in [0.15, 0.2) is 0 Å². The highest BCUT2D eigenvalue weighted by molar-refractivity contribution is 5.77. The zero-order valence-electron chi connectivity index (χ0n) is 15.7. The number of ether oxygens (including phenoxy) is 1. The van der Waals surface area contributed by atoms with Gasteiger partial charge in [0.1, 0.15) is 0 Å². The summed E-state index contributed by atoms with van der Waals surface area (Å²) in [5.41, 5.74) is 2.68. The molecular weight excluding hydrogens is 314 g/mol. The Morgan fingerprint density at radius 3 is 2.44 bits per heavy atom. The third-order valence-electron chi connectivity index (χ3n) is 4.49. The van der Waals surface area contributed by atoms with E-state index >= 15 is 0 Å². The predicted octanol–water partition coefficient (Wildman–Crippen LogP) is 3.86. The maximum atomic E-state index is 12.9. The van der Waals surface area contributed by atoms with E-state index in [2.05, 4.69) is 32.9 Å². The first-order valence-electron chi connectivity index (χ1n) is 8.65. The molecular formula is C21H27NO3. The van der Waals surface area contributed by atoms with Crippen LogP contribution in [0.2, 0.25) is 0 Å². The van der Waals surface area contributed by atoms with Gasteiger partial charge in [-0.25, -0.2) is 0 Å². The second-order valence-electron chi connectivity index (χ2n) is 7.29. The van der Waals surface area contributed by atoms with Crippen molar-refractivity contribution in [3.8, 4) is 0 Å². The first kappa shape index (κ1) is 19.0. The van der Waals surface area contributed by atoms with Crippen LogP contribution in [0.25, 0.3) is 0 Å². The van der Waals surface area contributed by atoms with Crippen LogP contribution in [-0.2, 0) is 21.5 Å². The van der Waals surface area contributed by atoms with Crippen LogP contribution in [0.5, 0.6) is 0 Å². The molecule has 0 saturated heterocycles. The van der Waals surface area contributed by atoms with Crippen LogP contribution in [0.3, 0.4) is 0 Å². The minimum Gasteiger partial charge on any atom is -0.469 e. The van der Waals surface area contributed by atoms with Gasteiger partial charge in [-0.2, -0.15) is 0 Å². The Hall–Kier alpha value is -2.36. The molecule has 134 valence electrons. The SMILES string of the molecule is CCC(C(=O)OC)c1cccn(Cc2ccccc2C(C)(C)C)c1=O. The lowest BCUT2D eigenvalue weighted by molar-refractivity contribution is -0.142. The van der Waals surface area contributed by atoms with Crippen LogP contribution < -0.4 is 5.56 Å². The Morgan fingerprint density at radius 1 is 1.16 bits per heavy atom. The maximum Gasteiger partial charge on any atom is 0.313 e. The number of carbonyl (C=O) groups excluding carboxylic acids is 1. The Kier molecular flexibility index (Phi) is 5.83. The number of nitrogens with zero attached hydrogens (tertiary/aromatic N) is 1. The molecule has 2 aromatic rings. The zero-order valence-corrected chi connectivity index (χ0v) is 15.7. The number of rotatable bonds is 5. The summed E-state index contributed by atoms with van der Waals surface area (Å²) < 4.78 is 6.52. The Balaban J connectivity index is 2.45. The molecule has 1 atom stereocenters. The number of benzene rings is 1. The smallest absolute Gasteiger partial charge is 0.313 e. The van der Waals surface area contributed by atoms with E-state index in [0.29, 0.717) is 18.5 Å². The summed E-state index contributed by atoms with van der Waals surface area (Å²) in [5.74, 6) is -0.893. The highest BCUT2D eigenvalue weighted by atomic mass is 16.5. The molecule has 2 rings (SSSR count). The largest absolute Gasteiger partial charge is 0.469 e. The fourth-order valence-electron chi connectivity index (χ4n) is 3.17. The van der Waals surface area contributed by atoms with Crippen LogP contribution in [0.15, 0.2) is 47.4 Å². The molecule has 1 unspecified atom stereocenters. The van der Waals surface area contributed by atoms with E-state index in [-0.39, 0.29) is 16.9 Å². The van der Waals surface area contributed by atoms with E-state index in [1.165, 1.54) is 12.7 Å². The highest BCUT2D eigenvalue weighted by Crippen LogP contribution is 2.26. The lowest BCUT2D eigenvalue weighted by Gasteiger charge is -2.23. The van der Waals surface area contributed by atoms with E-state index in [4.69, 9.17) is 4.74 Å². The second kappa shape index (κ2) is 7.68. The zero-order chi connectivity index (χ0) is 18.6. The topological polar surface area (TPSA) is 48.3 Å². The molecule has 0 fully saturated rings. The van der Waals surface area contributed by atoms with Crippen molar-refractivity contribution in [1.82, 2.24) is 4.57 Å². The third-order valence-corrected chi connectivity index (χ3v) is 4.49. The normalized spacial score (nSPS) is 12.7. The van der Waals surface area contributed by atoms with E-state index < -0.39 is 5.92 Å². The molecule has 0 bridgehead atoms. The predicted molar refractivity (Wildman–Crippen MR) is 100.0 cm³/mol. The van der Waals surface area contributed by atoms with Crippen molar-refractivity contribution in [2.24, 2.45) is 0 Å². The van der Waals surface area contributed by atoms with Crippen molar-refractivity contribution >= 4 is 5.97 Å². The summed E-state index contributed by atoms with van der Waals surface area (Å²) in [7, 11) is 1.35. The quantitative estimate of drug-likeness (QED) is 0.776. The maximum absolute atomic E-state index is 12.9. The van der Waals surface area contributed by atoms with Crippen molar-refractivity contribution in [3.63, 3.8) is 0 Å². The van der Waals surface area contributed by atoms with Gasteiger partial charge in [-0.1, -0.05) is 58.0 Å². The van der Waals surface area contributed by atoms with Gasteiger partial charge in [0.25, 0.3) is 5.56 Å². The summed E-state index contributed by atoms with van der Waals surface area (Å²) in [6.07, 6.45) is 2.31. The van der Waals surface area contributed by atoms with Crippen molar-refractivity contribution in [2.45, 2.75) is 52.0 Å². The molecule has 0 saturated carbocycles. The fourth-order valence-corrected chi connectivity index (χ4v) is 3.17. The number of carbonyl (C=O) groups is 1. The molecule has 0 N–H and O–H groups in total. The molecule has 1 aromatic heterocycles. The van der Waals surface area contributed by atoms with Gasteiger partial charge in [0.2, 0.25) is 0 Å². The number of hydrogen-bond acceptors (Lipinski definition) is 3. The monoisotopic (exact) mass is 341 g/mol. The van der Waals surface area contributed by atoms with Gasteiger partial charge < -0.3 is 9.30 Å². The minimum atomic E-state index is -0.525. The molecule has 0 radical (unpaired) electrons. The number of hydrogen-bond donors (Lipinski definition) is 0. The van der Waals surface area contributed by atoms with Crippen molar-refractivity contribution < 1.29 is 9.53 Å². The second-order valence-corrected chi connectivity index (χ2v) is 7.29. The Morgan fingerprint density at radius 2 is 1.84 bits per heavy atom. The highest BCUT2D eigenvalue weighted by Gasteiger charge is 2.23. The lowest BCUT2D eigenvalue weighted by atomic mass is 9.84. The van der Waals surface area contributed by atoms with Gasteiger partial charge in [-0.05, 0) is 29.0 Å². The first-order chi connectivity index (χ1) is 11.8. The molecule has 1 aromatic carbocycles. The van der Waals surface area contributed by atoms with Crippen LogP contribution in [0.1, 0.15) is 56.7 Å². The lowest BCUT2D eigenvalue weighted by Crippen LogP contribution is -2.29. The summed E-state index contributed by atoms with van der Waals surface area (Å²) in [6.45, 7) is 8.85. The summed E-state index contributed by atoms with van der Waals surface area (Å²) in [5, 5.41) is 0. The number of aromatic nitrogens is 1. The number of pyridine rings is 1. The van der Waals surface area contributed by atoms with Crippen LogP contribution in [-0.4, -0.2) is 17.6 Å². The van der Waals surface area contributed by atoms with E-state index in [1.54, 1.807) is 16.8 Å². The molecule has 0 amide bonds. The minimum absolute atomic E-state index is 0.00418. The molecule has 4 heteroatoms. The van der Waals surface area contributed by atoms with Crippen LogP contribution >= 0.6 is 0 Å². The molecule has 0 aliphatic rings. The Bertz CT molecular complexity index is 799.